The molecule has 2 aromatic carbocycles. The maximum Gasteiger partial charge on any atom is 0.288 e. The minimum atomic E-state index is -0.515. The lowest BCUT2D eigenvalue weighted by atomic mass is 10.1. The lowest BCUT2D eigenvalue weighted by Gasteiger charge is -2.09. The van der Waals surface area contributed by atoms with Crippen LogP contribution in [0.1, 0.15) is 11.1 Å². The van der Waals surface area contributed by atoms with Crippen LogP contribution in [0.4, 0.5) is 11.5 Å². The van der Waals surface area contributed by atoms with E-state index in [1.165, 1.54) is 24.0 Å². The van der Waals surface area contributed by atoms with Crippen molar-refractivity contribution in [3.8, 4) is 0 Å². The van der Waals surface area contributed by atoms with Gasteiger partial charge in [-0.05, 0) is 18.6 Å². The predicted octanol–water partition coefficient (Wildman–Crippen LogP) is 4.11. The van der Waals surface area contributed by atoms with Crippen molar-refractivity contribution in [2.24, 2.45) is 0 Å². The summed E-state index contributed by atoms with van der Waals surface area (Å²) in [7, 11) is 0. The first-order valence-corrected chi connectivity index (χ1v) is 7.30. The van der Waals surface area contributed by atoms with Gasteiger partial charge in [0, 0.05) is 18.0 Å². The topological polar surface area (TPSA) is 81.0 Å². The molecule has 0 radical (unpaired) electrons. The molecule has 0 fully saturated rings. The van der Waals surface area contributed by atoms with E-state index in [2.05, 4.69) is 15.3 Å². The van der Waals surface area contributed by atoms with Crippen LogP contribution in [0.15, 0.2) is 42.7 Å². The first kappa shape index (κ1) is 15.2. The molecular weight excluding hydrogens is 316 g/mol. The highest BCUT2D eigenvalue weighted by molar-refractivity contribution is 6.33. The monoisotopic (exact) mass is 328 g/mol. The Morgan fingerprint density at radius 1 is 1.22 bits per heavy atom. The van der Waals surface area contributed by atoms with Gasteiger partial charge in [0.05, 0.1) is 10.4 Å². The Bertz CT molecular complexity index is 881. The Balaban J connectivity index is 1.95. The zero-order chi connectivity index (χ0) is 16.4. The van der Waals surface area contributed by atoms with Crippen LogP contribution in [-0.2, 0) is 6.54 Å². The maximum absolute atomic E-state index is 11.0. The molecule has 0 aliphatic heterocycles. The maximum atomic E-state index is 11.0. The number of nitro groups is 1. The van der Waals surface area contributed by atoms with Crippen LogP contribution in [0.3, 0.4) is 0 Å². The van der Waals surface area contributed by atoms with E-state index in [-0.39, 0.29) is 10.7 Å². The summed E-state index contributed by atoms with van der Waals surface area (Å²) >= 11 is 5.92. The molecule has 0 aliphatic carbocycles. The van der Waals surface area contributed by atoms with E-state index in [4.69, 9.17) is 11.6 Å². The van der Waals surface area contributed by atoms with Gasteiger partial charge in [-0.1, -0.05) is 41.4 Å². The molecule has 3 rings (SSSR count). The third-order valence-electron chi connectivity index (χ3n) is 3.48. The SMILES string of the molecule is Cc1ccc(CNc2ncnc3cc(Cl)c([N+](=O)[O-])cc23)cc1. The van der Waals surface area contributed by atoms with E-state index in [0.717, 1.165) is 5.56 Å². The minimum Gasteiger partial charge on any atom is -0.365 e. The van der Waals surface area contributed by atoms with Crippen LogP contribution in [0.2, 0.25) is 5.02 Å². The van der Waals surface area contributed by atoms with Gasteiger partial charge < -0.3 is 5.32 Å². The third-order valence-corrected chi connectivity index (χ3v) is 3.78. The van der Waals surface area contributed by atoms with Gasteiger partial charge in [-0.3, -0.25) is 10.1 Å². The van der Waals surface area contributed by atoms with Gasteiger partial charge in [0.15, 0.2) is 0 Å². The van der Waals surface area contributed by atoms with Gasteiger partial charge in [-0.2, -0.15) is 0 Å². The molecule has 7 heteroatoms. The molecule has 0 amide bonds. The quantitative estimate of drug-likeness (QED) is 0.575. The number of fused-ring (bicyclic) bond motifs is 1. The van der Waals surface area contributed by atoms with E-state index in [9.17, 15) is 10.1 Å². The van der Waals surface area contributed by atoms with Crippen molar-refractivity contribution in [1.29, 1.82) is 0 Å². The molecule has 0 saturated carbocycles. The molecule has 1 heterocycles. The molecule has 0 spiro atoms. The lowest BCUT2D eigenvalue weighted by molar-refractivity contribution is -0.384. The third kappa shape index (κ3) is 3.22. The molecule has 23 heavy (non-hydrogen) atoms. The number of nitrogens with one attached hydrogen (secondary N) is 1. The van der Waals surface area contributed by atoms with Crippen molar-refractivity contribution in [3.05, 3.63) is 69.0 Å². The number of hydrogen-bond donors (Lipinski definition) is 1. The molecule has 3 aromatic rings. The number of aromatic nitrogens is 2. The van der Waals surface area contributed by atoms with Crippen LogP contribution < -0.4 is 5.32 Å². The zero-order valence-corrected chi connectivity index (χ0v) is 13.0. The summed E-state index contributed by atoms with van der Waals surface area (Å²) in [4.78, 5) is 18.8. The van der Waals surface area contributed by atoms with Gasteiger partial charge in [0.2, 0.25) is 0 Å². The van der Waals surface area contributed by atoms with E-state index in [0.29, 0.717) is 23.3 Å². The number of halogens is 1. The number of rotatable bonds is 4. The fraction of sp³-hybridized carbons (Fsp3) is 0.125. The first-order chi connectivity index (χ1) is 11.0. The number of aryl methyl sites for hydroxylation is 1. The average molecular weight is 329 g/mol. The van der Waals surface area contributed by atoms with Crippen molar-refractivity contribution >= 4 is 34.0 Å². The average Bonchev–Trinajstić information content (AvgIpc) is 2.53. The Kier molecular flexibility index (Phi) is 4.08. The highest BCUT2D eigenvalue weighted by atomic mass is 35.5. The van der Waals surface area contributed by atoms with Crippen LogP contribution in [-0.4, -0.2) is 14.9 Å². The van der Waals surface area contributed by atoms with Crippen LogP contribution in [0.5, 0.6) is 0 Å². The van der Waals surface area contributed by atoms with Crippen molar-refractivity contribution in [2.75, 3.05) is 5.32 Å². The number of anilines is 1. The number of benzene rings is 2. The van der Waals surface area contributed by atoms with Gasteiger partial charge in [-0.15, -0.1) is 0 Å². The molecule has 0 atom stereocenters. The van der Waals surface area contributed by atoms with Crippen molar-refractivity contribution in [1.82, 2.24) is 9.97 Å². The van der Waals surface area contributed by atoms with Crippen LogP contribution in [0.25, 0.3) is 10.9 Å². The molecule has 0 aliphatic rings. The Labute approximate surface area is 137 Å². The number of hydrogen-bond acceptors (Lipinski definition) is 5. The number of nitro benzene ring substituents is 1. The highest BCUT2D eigenvalue weighted by Gasteiger charge is 2.16. The molecule has 0 bridgehead atoms. The largest absolute Gasteiger partial charge is 0.365 e. The standard InChI is InChI=1S/C16H13ClN4O2/c1-10-2-4-11(5-3-10)8-18-16-12-6-15(21(22)23)13(17)7-14(12)19-9-20-16/h2-7,9H,8H2,1H3,(H,18,19,20). The summed E-state index contributed by atoms with van der Waals surface area (Å²) in [6.45, 7) is 2.58. The van der Waals surface area contributed by atoms with Crippen molar-refractivity contribution in [2.45, 2.75) is 13.5 Å². The van der Waals surface area contributed by atoms with E-state index < -0.39 is 4.92 Å². The Morgan fingerprint density at radius 3 is 2.65 bits per heavy atom. The van der Waals surface area contributed by atoms with E-state index >= 15 is 0 Å². The molecule has 0 saturated heterocycles. The van der Waals surface area contributed by atoms with Crippen molar-refractivity contribution < 1.29 is 4.92 Å². The Morgan fingerprint density at radius 2 is 1.96 bits per heavy atom. The fourth-order valence-electron chi connectivity index (χ4n) is 2.24. The van der Waals surface area contributed by atoms with Gasteiger partial charge in [0.1, 0.15) is 17.2 Å². The molecule has 6 nitrogen and oxygen atoms in total. The lowest BCUT2D eigenvalue weighted by Crippen LogP contribution is -2.03. The van der Waals surface area contributed by atoms with Gasteiger partial charge in [0.25, 0.3) is 5.69 Å². The first-order valence-electron chi connectivity index (χ1n) is 6.92. The Hall–Kier alpha value is -2.73. The molecule has 1 aromatic heterocycles. The van der Waals surface area contributed by atoms with Crippen LogP contribution >= 0.6 is 11.6 Å². The minimum absolute atomic E-state index is 0.0608. The molecule has 1 N–H and O–H groups in total. The summed E-state index contributed by atoms with van der Waals surface area (Å²) in [5, 5.41) is 14.9. The summed E-state index contributed by atoms with van der Waals surface area (Å²) in [5.41, 5.74) is 2.67. The van der Waals surface area contributed by atoms with Gasteiger partial charge >= 0.3 is 0 Å². The summed E-state index contributed by atoms with van der Waals surface area (Å²) in [6.07, 6.45) is 1.40. The summed E-state index contributed by atoms with van der Waals surface area (Å²) < 4.78 is 0. The molecular formula is C16H13ClN4O2. The summed E-state index contributed by atoms with van der Waals surface area (Å²) in [6, 6.07) is 11.0. The number of nitrogens with zero attached hydrogens (tertiary/aromatic N) is 3. The predicted molar refractivity (Wildman–Crippen MR) is 89.7 cm³/mol. The van der Waals surface area contributed by atoms with Crippen LogP contribution in [0, 0.1) is 17.0 Å². The summed E-state index contributed by atoms with van der Waals surface area (Å²) in [5.74, 6) is 0.537. The highest BCUT2D eigenvalue weighted by Crippen LogP contribution is 2.31. The second kappa shape index (κ2) is 6.18. The van der Waals surface area contributed by atoms with Crippen molar-refractivity contribution in [3.63, 3.8) is 0 Å². The second-order valence-electron chi connectivity index (χ2n) is 5.14. The normalized spacial score (nSPS) is 10.7. The molecule has 0 unspecified atom stereocenters. The van der Waals surface area contributed by atoms with Gasteiger partial charge in [-0.25, -0.2) is 9.97 Å². The fourth-order valence-corrected chi connectivity index (χ4v) is 2.47. The van der Waals surface area contributed by atoms with E-state index in [1.54, 1.807) is 0 Å². The smallest absolute Gasteiger partial charge is 0.288 e. The molecule has 116 valence electrons. The zero-order valence-electron chi connectivity index (χ0n) is 12.3. The second-order valence-corrected chi connectivity index (χ2v) is 5.55. The van der Waals surface area contributed by atoms with E-state index in [1.807, 2.05) is 31.2 Å².